The number of hydrogen-bond acceptors (Lipinski definition) is 5. The van der Waals surface area contributed by atoms with Gasteiger partial charge < -0.3 is 9.64 Å². The van der Waals surface area contributed by atoms with E-state index in [1.807, 2.05) is 0 Å². The highest BCUT2D eigenvalue weighted by molar-refractivity contribution is 6.06. The number of ether oxygens (including phenoxy) is 1. The van der Waals surface area contributed by atoms with E-state index in [0.29, 0.717) is 11.4 Å². The molecule has 0 aliphatic carbocycles. The van der Waals surface area contributed by atoms with Crippen LogP contribution in [0.15, 0.2) is 41.2 Å². The lowest BCUT2D eigenvalue weighted by Crippen LogP contribution is -2.50. The maximum atomic E-state index is 12.9. The Bertz CT molecular complexity index is 890. The van der Waals surface area contributed by atoms with Gasteiger partial charge in [0.25, 0.3) is 17.4 Å². The molecule has 0 unspecified atom stereocenters. The van der Waals surface area contributed by atoms with Crippen molar-refractivity contribution in [1.29, 1.82) is 0 Å². The minimum atomic E-state index is -0.804. The molecule has 1 aromatic heterocycles. The molecule has 3 rings (SSSR count). The second kappa shape index (κ2) is 6.39. The number of likely N-dealkylation sites (N-methyl/N-ethyl adjacent to an activating group) is 1. The quantitative estimate of drug-likeness (QED) is 0.782. The van der Waals surface area contributed by atoms with Crippen LogP contribution in [0.25, 0.3) is 0 Å². The summed E-state index contributed by atoms with van der Waals surface area (Å²) in [4.78, 5) is 39.6. The lowest BCUT2D eigenvalue weighted by molar-refractivity contribution is -0.135. The van der Waals surface area contributed by atoms with Crippen LogP contribution in [0, 0.1) is 0 Å². The topological polar surface area (TPSA) is 84.7 Å². The molecule has 130 valence electrons. The fourth-order valence-electron chi connectivity index (χ4n) is 2.60. The summed E-state index contributed by atoms with van der Waals surface area (Å²) in [5.41, 5.74) is 0.375. The molecule has 0 radical (unpaired) electrons. The Morgan fingerprint density at radius 1 is 1.20 bits per heavy atom. The van der Waals surface area contributed by atoms with E-state index >= 15 is 0 Å². The monoisotopic (exact) mass is 342 g/mol. The van der Waals surface area contributed by atoms with Crippen LogP contribution in [-0.2, 0) is 11.8 Å². The van der Waals surface area contributed by atoms with E-state index in [1.165, 1.54) is 29.0 Å². The Morgan fingerprint density at radius 2 is 1.92 bits per heavy atom. The largest absolute Gasteiger partial charge is 0.476 e. The predicted octanol–water partition coefficient (Wildman–Crippen LogP) is 0.276. The predicted molar refractivity (Wildman–Crippen MR) is 90.7 cm³/mol. The van der Waals surface area contributed by atoms with Crippen LogP contribution in [0.5, 0.6) is 5.75 Å². The summed E-state index contributed by atoms with van der Waals surface area (Å²) in [5.74, 6) is -0.184. The van der Waals surface area contributed by atoms with Crippen molar-refractivity contribution in [3.63, 3.8) is 0 Å². The summed E-state index contributed by atoms with van der Waals surface area (Å²) in [6, 6.07) is 9.67. The molecule has 1 aliphatic heterocycles. The number of carbonyl (C=O) groups excluding carboxylic acids is 2. The first-order valence-electron chi connectivity index (χ1n) is 7.71. The van der Waals surface area contributed by atoms with Crippen molar-refractivity contribution < 1.29 is 14.3 Å². The number of carbonyl (C=O) groups is 2. The Balaban J connectivity index is 2.00. The third-order valence-electron chi connectivity index (χ3n) is 3.91. The normalized spacial score (nSPS) is 16.0. The van der Waals surface area contributed by atoms with E-state index in [2.05, 4.69) is 5.10 Å². The number of hydrogen-bond donors (Lipinski definition) is 0. The third-order valence-corrected chi connectivity index (χ3v) is 3.91. The number of anilines is 1. The molecule has 2 aromatic rings. The smallest absolute Gasteiger partial charge is 0.278 e. The summed E-state index contributed by atoms with van der Waals surface area (Å²) < 4.78 is 6.85. The van der Waals surface area contributed by atoms with Crippen LogP contribution in [0.1, 0.15) is 10.5 Å². The lowest BCUT2D eigenvalue weighted by Gasteiger charge is -2.34. The lowest BCUT2D eigenvalue weighted by atomic mass is 10.1. The molecule has 0 saturated heterocycles. The average Bonchev–Trinajstić information content (AvgIpc) is 2.61. The fraction of sp³-hybridized carbons (Fsp3) is 0.294. The molecule has 2 amide bonds. The minimum absolute atomic E-state index is 0.0668. The molecule has 0 spiro atoms. The molecule has 0 bridgehead atoms. The summed E-state index contributed by atoms with van der Waals surface area (Å²) in [6.45, 7) is 0.0668. The first kappa shape index (κ1) is 16.7. The van der Waals surface area contributed by atoms with Gasteiger partial charge in [-0.05, 0) is 18.2 Å². The van der Waals surface area contributed by atoms with Crippen LogP contribution in [0.2, 0.25) is 0 Å². The number of rotatable bonds is 2. The van der Waals surface area contributed by atoms with E-state index in [0.717, 1.165) is 4.68 Å². The second-order valence-electron chi connectivity index (χ2n) is 5.90. The number of fused-ring (bicyclic) bond motifs is 1. The first-order valence-corrected chi connectivity index (χ1v) is 7.71. The molecule has 8 nitrogen and oxygen atoms in total. The molecule has 1 atom stereocenters. The second-order valence-corrected chi connectivity index (χ2v) is 5.90. The van der Waals surface area contributed by atoms with Gasteiger partial charge in [-0.2, -0.15) is 5.10 Å². The number of amides is 2. The molecular formula is C17H18N4O4. The zero-order chi connectivity index (χ0) is 18.1. The molecule has 0 N–H and O–H groups in total. The van der Waals surface area contributed by atoms with Crippen molar-refractivity contribution in [2.24, 2.45) is 7.05 Å². The molecule has 1 aromatic carbocycles. The zero-order valence-corrected chi connectivity index (χ0v) is 14.2. The summed E-state index contributed by atoms with van der Waals surface area (Å²) in [6.07, 6.45) is -0.804. The van der Waals surface area contributed by atoms with Gasteiger partial charge in [0, 0.05) is 27.2 Å². The van der Waals surface area contributed by atoms with Crippen LogP contribution in [0.4, 0.5) is 5.69 Å². The van der Waals surface area contributed by atoms with E-state index in [9.17, 15) is 14.4 Å². The van der Waals surface area contributed by atoms with Crippen LogP contribution >= 0.6 is 0 Å². The maximum absolute atomic E-state index is 12.9. The van der Waals surface area contributed by atoms with Gasteiger partial charge in [-0.25, -0.2) is 4.68 Å². The Hall–Kier alpha value is -3.16. The van der Waals surface area contributed by atoms with Crippen LogP contribution < -0.4 is 15.2 Å². The first-order chi connectivity index (χ1) is 11.9. The highest BCUT2D eigenvalue weighted by atomic mass is 16.5. The molecule has 0 saturated carbocycles. The van der Waals surface area contributed by atoms with Crippen molar-refractivity contribution in [3.05, 3.63) is 52.4 Å². The van der Waals surface area contributed by atoms with E-state index in [4.69, 9.17) is 4.74 Å². The highest BCUT2D eigenvalue weighted by Crippen LogP contribution is 2.34. The maximum Gasteiger partial charge on any atom is 0.278 e. The fourth-order valence-corrected chi connectivity index (χ4v) is 2.60. The minimum Gasteiger partial charge on any atom is -0.476 e. The van der Waals surface area contributed by atoms with Gasteiger partial charge in [0.15, 0.2) is 6.10 Å². The van der Waals surface area contributed by atoms with E-state index in [1.54, 1.807) is 38.4 Å². The van der Waals surface area contributed by atoms with Crippen molar-refractivity contribution >= 4 is 17.5 Å². The number of nitrogens with zero attached hydrogens (tertiary/aromatic N) is 4. The van der Waals surface area contributed by atoms with Gasteiger partial charge in [-0.15, -0.1) is 0 Å². The van der Waals surface area contributed by atoms with Gasteiger partial charge in [0.2, 0.25) is 0 Å². The summed E-state index contributed by atoms with van der Waals surface area (Å²) in [7, 11) is 4.74. The number of aromatic nitrogens is 2. The standard InChI is InChI=1S/C17H18N4O4/c1-19(2)17(24)14-10-21(12-6-4-5-7-13(12)25-14)16(23)11-8-9-15(22)20(3)18-11/h4-9,14H,10H2,1-3H3/t14-/m0/s1. The molecule has 2 heterocycles. The zero-order valence-electron chi connectivity index (χ0n) is 14.2. The van der Waals surface area contributed by atoms with Gasteiger partial charge in [0.05, 0.1) is 12.2 Å². The Labute approximate surface area is 144 Å². The van der Waals surface area contributed by atoms with Crippen molar-refractivity contribution in [2.75, 3.05) is 25.5 Å². The van der Waals surface area contributed by atoms with Crippen LogP contribution in [0.3, 0.4) is 0 Å². The summed E-state index contributed by atoms with van der Waals surface area (Å²) >= 11 is 0. The van der Waals surface area contributed by atoms with Crippen molar-refractivity contribution in [3.8, 4) is 5.75 Å². The summed E-state index contributed by atoms with van der Waals surface area (Å²) in [5, 5.41) is 4.00. The van der Waals surface area contributed by atoms with Crippen molar-refractivity contribution in [1.82, 2.24) is 14.7 Å². The molecular weight excluding hydrogens is 324 g/mol. The Morgan fingerprint density at radius 3 is 2.60 bits per heavy atom. The van der Waals surface area contributed by atoms with Gasteiger partial charge in [0.1, 0.15) is 11.4 Å². The molecule has 1 aliphatic rings. The Kier molecular flexibility index (Phi) is 4.26. The van der Waals surface area contributed by atoms with E-state index in [-0.39, 0.29) is 23.7 Å². The number of aryl methyl sites for hydroxylation is 1. The van der Waals surface area contributed by atoms with Crippen LogP contribution in [-0.4, -0.2) is 53.2 Å². The molecule has 25 heavy (non-hydrogen) atoms. The molecule has 8 heteroatoms. The molecule has 0 fully saturated rings. The number of benzene rings is 1. The van der Waals surface area contributed by atoms with Gasteiger partial charge in [-0.3, -0.25) is 19.3 Å². The van der Waals surface area contributed by atoms with Gasteiger partial charge >= 0.3 is 0 Å². The van der Waals surface area contributed by atoms with Crippen molar-refractivity contribution in [2.45, 2.75) is 6.10 Å². The van der Waals surface area contributed by atoms with E-state index < -0.39 is 12.0 Å². The number of para-hydroxylation sites is 2. The average molecular weight is 342 g/mol. The highest BCUT2D eigenvalue weighted by Gasteiger charge is 2.35. The third kappa shape index (κ3) is 3.10. The van der Waals surface area contributed by atoms with Gasteiger partial charge in [-0.1, -0.05) is 12.1 Å². The SMILES string of the molecule is CN(C)C(=O)[C@@H]1CN(C(=O)c2ccc(=O)n(C)n2)c2ccccc2O1.